The predicted octanol–water partition coefficient (Wildman–Crippen LogP) is 1.50. The molecule has 0 spiro atoms. The molecule has 0 aliphatic rings. The molecule has 13 heavy (non-hydrogen) atoms. The Morgan fingerprint density at radius 1 is 2.00 bits per heavy atom. The fourth-order valence-electron chi connectivity index (χ4n) is 0.595. The van der Waals surface area contributed by atoms with Crippen molar-refractivity contribution in [3.8, 4) is 6.07 Å². The average molecular weight is 246 g/mol. The number of carbonyl (C=O) groups excluding carboxylic acids is 1. The molecule has 66 valence electrons. The lowest BCUT2D eigenvalue weighted by atomic mass is 10.2. The first-order valence-electron chi connectivity index (χ1n) is 5.47. The Labute approximate surface area is 90.3 Å². The lowest BCUT2D eigenvalue weighted by Gasteiger charge is -2.00. The lowest BCUT2D eigenvalue weighted by molar-refractivity contribution is 0.0599. The summed E-state index contributed by atoms with van der Waals surface area (Å²) < 4.78 is 39.2. The lowest BCUT2D eigenvalue weighted by Crippen LogP contribution is -2.03. The van der Waals surface area contributed by atoms with Crippen LogP contribution in [0.2, 0.25) is 0 Å². The molecular formula is C8H5BrN2O2. The Hall–Kier alpha value is -1.41. The van der Waals surface area contributed by atoms with E-state index in [2.05, 4.69) is 25.7 Å². The van der Waals surface area contributed by atoms with E-state index in [-0.39, 0.29) is 10.2 Å². The quantitative estimate of drug-likeness (QED) is 0.704. The number of ether oxygens (including phenoxy) is 1. The number of hydrogen-bond acceptors (Lipinski definition) is 4. The van der Waals surface area contributed by atoms with Crippen LogP contribution in [-0.2, 0) is 4.74 Å². The summed E-state index contributed by atoms with van der Waals surface area (Å²) in [6, 6.07) is 1.17. The van der Waals surface area contributed by atoms with Crippen molar-refractivity contribution in [1.82, 2.24) is 4.98 Å². The summed E-state index contributed by atoms with van der Waals surface area (Å²) in [6.45, 7) is 0. The van der Waals surface area contributed by atoms with Gasteiger partial charge < -0.3 is 4.74 Å². The maximum Gasteiger partial charge on any atom is 0.340 e. The predicted molar refractivity (Wildman–Crippen MR) is 48.0 cm³/mol. The molecule has 4 nitrogen and oxygen atoms in total. The molecule has 0 fully saturated rings. The van der Waals surface area contributed by atoms with Crippen LogP contribution in [-0.4, -0.2) is 18.0 Å². The molecule has 1 rings (SSSR count). The molecule has 0 bridgehead atoms. The summed E-state index contributed by atoms with van der Waals surface area (Å²) in [4.78, 5) is 14.9. The van der Waals surface area contributed by atoms with Gasteiger partial charge >= 0.3 is 5.97 Å². The van der Waals surface area contributed by atoms with E-state index in [1.165, 1.54) is 0 Å². The zero-order valence-electron chi connectivity index (χ0n) is 11.1. The van der Waals surface area contributed by atoms with Gasteiger partial charge in [-0.15, -0.1) is 0 Å². The molecule has 0 N–H and O–H groups in total. The normalized spacial score (nSPS) is 15.5. The molecule has 0 saturated carbocycles. The number of nitrogens with zero attached hydrogens (tertiary/aromatic N) is 2. The topological polar surface area (TPSA) is 63.0 Å². The van der Waals surface area contributed by atoms with Crippen molar-refractivity contribution in [2.45, 2.75) is 0 Å². The van der Waals surface area contributed by atoms with E-state index in [9.17, 15) is 4.79 Å². The van der Waals surface area contributed by atoms with Crippen molar-refractivity contribution >= 4 is 21.9 Å². The van der Waals surface area contributed by atoms with E-state index < -0.39 is 30.8 Å². The highest BCUT2D eigenvalue weighted by atomic mass is 79.9. The van der Waals surface area contributed by atoms with Gasteiger partial charge in [-0.3, -0.25) is 0 Å². The molecule has 1 aromatic rings. The van der Waals surface area contributed by atoms with Gasteiger partial charge in [0.25, 0.3) is 0 Å². The summed E-state index contributed by atoms with van der Waals surface area (Å²) in [5.74, 6) is -1.31. The Morgan fingerprint density at radius 3 is 3.38 bits per heavy atom. The van der Waals surface area contributed by atoms with Crippen LogP contribution in [0.5, 0.6) is 0 Å². The first-order valence-corrected chi connectivity index (χ1v) is 3.77. The fraction of sp³-hybridized carbons (Fsp3) is 0.125. The van der Waals surface area contributed by atoms with Crippen LogP contribution in [0.3, 0.4) is 0 Å². The third kappa shape index (κ3) is 2.04. The van der Waals surface area contributed by atoms with Crippen LogP contribution in [0.25, 0.3) is 0 Å². The van der Waals surface area contributed by atoms with Crippen LogP contribution in [0.15, 0.2) is 16.7 Å². The van der Waals surface area contributed by atoms with Crippen molar-refractivity contribution in [2.75, 3.05) is 7.04 Å². The van der Waals surface area contributed by atoms with Gasteiger partial charge in [0.1, 0.15) is 11.8 Å². The van der Waals surface area contributed by atoms with E-state index in [0.29, 0.717) is 0 Å². The van der Waals surface area contributed by atoms with Gasteiger partial charge in [0.2, 0.25) is 0 Å². The second-order valence-corrected chi connectivity index (χ2v) is 2.68. The number of carbonyl (C=O) groups is 1. The SMILES string of the molecule is [2H]c1nc(C#N)c([2H])c(Br)c1C(=O)OC([2H])([2H])[2H]. The van der Waals surface area contributed by atoms with E-state index >= 15 is 0 Å². The van der Waals surface area contributed by atoms with E-state index in [1.807, 2.05) is 0 Å². The molecule has 5 heteroatoms. The van der Waals surface area contributed by atoms with Crippen molar-refractivity contribution in [3.63, 3.8) is 0 Å². The Balaban J connectivity index is 3.31. The third-order valence-electron chi connectivity index (χ3n) is 1.13. The largest absolute Gasteiger partial charge is 0.465 e. The zero-order chi connectivity index (χ0) is 14.1. The van der Waals surface area contributed by atoms with Crippen LogP contribution < -0.4 is 0 Å². The Morgan fingerprint density at radius 2 is 2.77 bits per heavy atom. The van der Waals surface area contributed by atoms with Crippen molar-refractivity contribution in [2.24, 2.45) is 0 Å². The van der Waals surface area contributed by atoms with Gasteiger partial charge in [-0.2, -0.15) is 5.26 Å². The van der Waals surface area contributed by atoms with Crippen LogP contribution in [0, 0.1) is 11.3 Å². The molecule has 1 heterocycles. The number of rotatable bonds is 1. The highest BCUT2D eigenvalue weighted by Gasteiger charge is 2.10. The number of methoxy groups -OCH3 is 1. The smallest absolute Gasteiger partial charge is 0.340 e. The first-order chi connectivity index (χ1) is 8.17. The third-order valence-corrected chi connectivity index (χ3v) is 1.72. The summed E-state index contributed by atoms with van der Waals surface area (Å²) >= 11 is 2.85. The van der Waals surface area contributed by atoms with E-state index in [4.69, 9.17) is 12.1 Å². The van der Waals surface area contributed by atoms with Gasteiger partial charge in [-0.05, 0) is 22.0 Å². The van der Waals surface area contributed by atoms with Crippen molar-refractivity contribution in [1.29, 1.82) is 5.26 Å². The molecule has 0 aromatic carbocycles. The monoisotopic (exact) mass is 245 g/mol. The molecule has 0 saturated heterocycles. The molecule has 0 radical (unpaired) electrons. The van der Waals surface area contributed by atoms with Crippen molar-refractivity contribution < 1.29 is 16.4 Å². The van der Waals surface area contributed by atoms with Crippen LogP contribution >= 0.6 is 15.9 Å². The summed E-state index contributed by atoms with van der Waals surface area (Å²) in [5.41, 5.74) is -0.854. The number of hydrogen-bond donors (Lipinski definition) is 0. The maximum absolute atomic E-state index is 11.5. The van der Waals surface area contributed by atoms with Crippen LogP contribution in [0.4, 0.5) is 0 Å². The average Bonchev–Trinajstić information content (AvgIpc) is 2.20. The number of pyridine rings is 1. The summed E-state index contributed by atoms with van der Waals surface area (Å²) in [5, 5.41) is 8.64. The molecular weight excluding hydrogens is 236 g/mol. The maximum atomic E-state index is 11.5. The molecule has 0 aliphatic heterocycles. The van der Waals surface area contributed by atoms with Gasteiger partial charge in [-0.1, -0.05) is 0 Å². The van der Waals surface area contributed by atoms with Crippen molar-refractivity contribution in [3.05, 3.63) is 27.9 Å². The van der Waals surface area contributed by atoms with Gasteiger partial charge in [0.05, 0.1) is 19.5 Å². The van der Waals surface area contributed by atoms with E-state index in [1.54, 1.807) is 6.07 Å². The fourth-order valence-corrected chi connectivity index (χ4v) is 1.03. The van der Waals surface area contributed by atoms with Gasteiger partial charge in [0, 0.05) is 10.6 Å². The number of nitriles is 1. The summed E-state index contributed by atoms with van der Waals surface area (Å²) in [6.07, 6.45) is -0.635. The zero-order valence-corrected chi connectivity index (χ0v) is 7.67. The molecule has 0 amide bonds. The number of aromatic nitrogens is 1. The molecule has 0 atom stereocenters. The second-order valence-electron chi connectivity index (χ2n) is 1.89. The highest BCUT2D eigenvalue weighted by molar-refractivity contribution is 9.10. The summed E-state index contributed by atoms with van der Waals surface area (Å²) in [7, 11) is -2.96. The Kier molecular flexibility index (Phi) is 1.46. The molecule has 0 aliphatic carbocycles. The number of halogens is 1. The Bertz CT molecular complexity index is 552. The minimum Gasteiger partial charge on any atom is -0.465 e. The minimum atomic E-state index is -2.96. The molecule has 1 aromatic heterocycles. The van der Waals surface area contributed by atoms with Gasteiger partial charge in [-0.25, -0.2) is 9.78 Å². The standard InChI is InChI=1S/C8H5BrN2O2/c1-13-8(12)6-4-11-5(3-10)2-7(6)9/h2,4H,1H3/i1D3,2D,4D. The minimum absolute atomic E-state index is 0.201. The van der Waals surface area contributed by atoms with Crippen LogP contribution in [0.1, 0.15) is 22.9 Å². The van der Waals surface area contributed by atoms with E-state index in [0.717, 1.165) is 0 Å². The second kappa shape index (κ2) is 4.01. The van der Waals surface area contributed by atoms with Gasteiger partial charge in [0.15, 0.2) is 0 Å². The highest BCUT2D eigenvalue weighted by Crippen LogP contribution is 2.17. The molecule has 0 unspecified atom stereocenters. The number of esters is 1. The first kappa shape index (κ1) is 4.72.